The van der Waals surface area contributed by atoms with Gasteiger partial charge in [0.2, 0.25) is 5.95 Å². The molecule has 0 spiro atoms. The van der Waals surface area contributed by atoms with Gasteiger partial charge in [-0.1, -0.05) is 39.2 Å². The van der Waals surface area contributed by atoms with Crippen molar-refractivity contribution >= 4 is 27.6 Å². The number of hydrogen-bond acceptors (Lipinski definition) is 8. The molecule has 3 N–H and O–H groups in total. The lowest BCUT2D eigenvalue weighted by molar-refractivity contribution is 0.317. The number of aromatic amines is 1. The van der Waals surface area contributed by atoms with Gasteiger partial charge in [-0.05, 0) is 47.2 Å². The van der Waals surface area contributed by atoms with E-state index in [2.05, 4.69) is 47.0 Å². The van der Waals surface area contributed by atoms with Crippen LogP contribution >= 0.6 is 15.9 Å². The van der Waals surface area contributed by atoms with E-state index in [0.29, 0.717) is 35.2 Å². The molecule has 0 fully saturated rings. The van der Waals surface area contributed by atoms with Crippen LogP contribution in [0.5, 0.6) is 11.5 Å². The van der Waals surface area contributed by atoms with Gasteiger partial charge in [-0.3, -0.25) is 4.79 Å². The number of ether oxygens (including phenoxy) is 1. The molecule has 10 nitrogen and oxygen atoms in total. The van der Waals surface area contributed by atoms with Crippen LogP contribution in [0.4, 0.5) is 11.6 Å². The van der Waals surface area contributed by atoms with E-state index in [1.807, 2.05) is 31.2 Å². The SMILES string of the molecule is CCOc1cc([C@H]2c3c(-c4ccc(Br)cc4)n[nH]c(=O)c3Nc3nnnn32)ccc1O. The maximum absolute atomic E-state index is 12.7. The molecular weight excluding hydrogens is 466 g/mol. The van der Waals surface area contributed by atoms with Crippen molar-refractivity contribution in [2.75, 3.05) is 11.9 Å². The van der Waals surface area contributed by atoms with Crippen LogP contribution in [-0.2, 0) is 0 Å². The van der Waals surface area contributed by atoms with Crippen LogP contribution in [0.15, 0.2) is 51.7 Å². The molecule has 31 heavy (non-hydrogen) atoms. The Bertz CT molecular complexity index is 1330. The van der Waals surface area contributed by atoms with Crippen LogP contribution in [0.3, 0.4) is 0 Å². The topological polar surface area (TPSA) is 131 Å². The minimum atomic E-state index is -0.575. The van der Waals surface area contributed by atoms with Crippen molar-refractivity contribution < 1.29 is 9.84 Å². The van der Waals surface area contributed by atoms with E-state index < -0.39 is 6.04 Å². The number of rotatable bonds is 4. The van der Waals surface area contributed by atoms with Crippen molar-refractivity contribution in [2.24, 2.45) is 0 Å². The van der Waals surface area contributed by atoms with Crippen molar-refractivity contribution in [3.8, 4) is 22.8 Å². The molecular formula is C20H16BrN7O3. The summed E-state index contributed by atoms with van der Waals surface area (Å²) in [6.45, 7) is 2.22. The number of fused-ring (bicyclic) bond motifs is 2. The zero-order valence-electron chi connectivity index (χ0n) is 16.2. The molecule has 0 saturated carbocycles. The van der Waals surface area contributed by atoms with Gasteiger partial charge in [-0.15, -0.1) is 0 Å². The Kier molecular flexibility index (Phi) is 4.66. The van der Waals surface area contributed by atoms with E-state index in [1.165, 1.54) is 0 Å². The minimum absolute atomic E-state index is 0.0221. The highest BCUT2D eigenvalue weighted by atomic mass is 79.9. The summed E-state index contributed by atoms with van der Waals surface area (Å²) >= 11 is 3.44. The normalized spacial score (nSPS) is 14.5. The number of anilines is 2. The average molecular weight is 482 g/mol. The van der Waals surface area contributed by atoms with E-state index in [0.717, 1.165) is 15.6 Å². The lowest BCUT2D eigenvalue weighted by Crippen LogP contribution is -2.29. The Morgan fingerprint density at radius 1 is 1.23 bits per heavy atom. The molecule has 11 heteroatoms. The molecule has 1 aliphatic heterocycles. The molecule has 0 bridgehead atoms. The van der Waals surface area contributed by atoms with Crippen LogP contribution in [-0.4, -0.2) is 42.1 Å². The maximum atomic E-state index is 12.7. The maximum Gasteiger partial charge on any atom is 0.288 e. The fourth-order valence-electron chi connectivity index (χ4n) is 3.65. The molecule has 0 saturated heterocycles. The van der Waals surface area contributed by atoms with Crippen LogP contribution in [0.1, 0.15) is 24.1 Å². The van der Waals surface area contributed by atoms with Crippen molar-refractivity contribution in [2.45, 2.75) is 13.0 Å². The molecule has 5 rings (SSSR count). The first kappa shape index (κ1) is 19.2. The quantitative estimate of drug-likeness (QED) is 0.357. The van der Waals surface area contributed by atoms with Gasteiger partial charge in [0.25, 0.3) is 5.56 Å². The average Bonchev–Trinajstić information content (AvgIpc) is 3.24. The third-order valence-corrected chi connectivity index (χ3v) is 5.51. The predicted molar refractivity (Wildman–Crippen MR) is 116 cm³/mol. The summed E-state index contributed by atoms with van der Waals surface area (Å²) in [6, 6.07) is 12.0. The van der Waals surface area contributed by atoms with Gasteiger partial charge in [0, 0.05) is 15.6 Å². The molecule has 2 aromatic heterocycles. The van der Waals surface area contributed by atoms with Crippen molar-refractivity contribution in [3.05, 3.63) is 68.4 Å². The van der Waals surface area contributed by atoms with E-state index in [1.54, 1.807) is 22.9 Å². The standard InChI is InChI=1S/C20H16BrN7O3/c1-2-31-14-9-11(5-8-13(14)29)18-15-16(10-3-6-12(21)7-4-10)23-24-19(30)17(15)22-20-25-26-27-28(18)20/h3-9,18,29H,2H2,1H3,(H,24,30)(H,22,25,27)/t18-/m0/s1. The van der Waals surface area contributed by atoms with Crippen LogP contribution in [0, 0.1) is 0 Å². The monoisotopic (exact) mass is 481 g/mol. The van der Waals surface area contributed by atoms with Gasteiger partial charge >= 0.3 is 0 Å². The van der Waals surface area contributed by atoms with Crippen molar-refractivity contribution in [1.82, 2.24) is 30.4 Å². The van der Waals surface area contributed by atoms with Crippen LogP contribution in [0.2, 0.25) is 0 Å². The van der Waals surface area contributed by atoms with Gasteiger partial charge < -0.3 is 15.2 Å². The second kappa shape index (κ2) is 7.51. The highest BCUT2D eigenvalue weighted by Crippen LogP contribution is 2.42. The van der Waals surface area contributed by atoms with E-state index in [4.69, 9.17) is 4.74 Å². The third-order valence-electron chi connectivity index (χ3n) is 4.99. The lowest BCUT2D eigenvalue weighted by Gasteiger charge is -2.28. The molecule has 0 aliphatic carbocycles. The highest BCUT2D eigenvalue weighted by Gasteiger charge is 2.34. The summed E-state index contributed by atoms with van der Waals surface area (Å²) in [5.41, 5.74) is 2.64. The van der Waals surface area contributed by atoms with Crippen LogP contribution in [0.25, 0.3) is 11.3 Å². The first-order valence-corrected chi connectivity index (χ1v) is 10.2. The molecule has 0 amide bonds. The zero-order chi connectivity index (χ0) is 21.5. The van der Waals surface area contributed by atoms with E-state index in [9.17, 15) is 9.90 Å². The first-order chi connectivity index (χ1) is 15.1. The number of phenols is 1. The number of benzene rings is 2. The molecule has 156 valence electrons. The summed E-state index contributed by atoms with van der Waals surface area (Å²) in [6.07, 6.45) is 0. The van der Waals surface area contributed by atoms with Gasteiger partial charge in [-0.2, -0.15) is 9.78 Å². The number of aromatic nitrogens is 6. The number of halogens is 1. The molecule has 0 unspecified atom stereocenters. The molecule has 1 aliphatic rings. The van der Waals surface area contributed by atoms with Crippen molar-refractivity contribution in [3.63, 3.8) is 0 Å². The van der Waals surface area contributed by atoms with E-state index >= 15 is 0 Å². The lowest BCUT2D eigenvalue weighted by atomic mass is 9.92. The summed E-state index contributed by atoms with van der Waals surface area (Å²) in [7, 11) is 0. The number of nitrogens with one attached hydrogen (secondary N) is 2. The molecule has 3 heterocycles. The van der Waals surface area contributed by atoms with Crippen LogP contribution < -0.4 is 15.6 Å². The summed E-state index contributed by atoms with van der Waals surface area (Å²) in [5.74, 6) is 0.675. The number of hydrogen-bond donors (Lipinski definition) is 3. The Hall–Kier alpha value is -3.73. The largest absolute Gasteiger partial charge is 0.504 e. The summed E-state index contributed by atoms with van der Waals surface area (Å²) in [5, 5.41) is 32.0. The number of nitrogens with zero attached hydrogens (tertiary/aromatic N) is 5. The number of H-pyrrole nitrogens is 1. The fraction of sp³-hybridized carbons (Fsp3) is 0.150. The van der Waals surface area contributed by atoms with Crippen molar-refractivity contribution in [1.29, 1.82) is 0 Å². The predicted octanol–water partition coefficient (Wildman–Crippen LogP) is 2.98. The van der Waals surface area contributed by atoms with E-state index in [-0.39, 0.29) is 11.3 Å². The number of phenolic OH excluding ortho intramolecular Hbond substituents is 1. The number of aromatic hydroxyl groups is 1. The van der Waals surface area contributed by atoms with Gasteiger partial charge in [0.05, 0.1) is 12.3 Å². The molecule has 4 aromatic rings. The smallest absolute Gasteiger partial charge is 0.288 e. The number of tetrazole rings is 1. The Morgan fingerprint density at radius 2 is 2.03 bits per heavy atom. The second-order valence-corrected chi connectivity index (χ2v) is 7.75. The first-order valence-electron chi connectivity index (χ1n) is 9.46. The second-order valence-electron chi connectivity index (χ2n) is 6.83. The Morgan fingerprint density at radius 3 is 2.81 bits per heavy atom. The summed E-state index contributed by atoms with van der Waals surface area (Å²) in [4.78, 5) is 12.7. The molecule has 0 radical (unpaired) electrons. The molecule has 2 aromatic carbocycles. The summed E-state index contributed by atoms with van der Waals surface area (Å²) < 4.78 is 8.06. The minimum Gasteiger partial charge on any atom is -0.504 e. The Labute approximate surface area is 184 Å². The van der Waals surface area contributed by atoms with Gasteiger partial charge in [0.15, 0.2) is 11.5 Å². The zero-order valence-corrected chi connectivity index (χ0v) is 17.8. The highest BCUT2D eigenvalue weighted by molar-refractivity contribution is 9.10. The Balaban J connectivity index is 1.78. The fourth-order valence-corrected chi connectivity index (χ4v) is 3.91. The van der Waals surface area contributed by atoms with Gasteiger partial charge in [0.1, 0.15) is 11.7 Å². The van der Waals surface area contributed by atoms with Gasteiger partial charge in [-0.25, -0.2) is 5.10 Å². The third kappa shape index (κ3) is 3.22. The molecule has 1 atom stereocenters.